The predicted molar refractivity (Wildman–Crippen MR) is 110 cm³/mol. The van der Waals surface area contributed by atoms with Gasteiger partial charge in [-0.3, -0.25) is 4.79 Å². The fourth-order valence-corrected chi connectivity index (χ4v) is 2.86. The molecule has 0 saturated carbocycles. The van der Waals surface area contributed by atoms with Crippen LogP contribution < -0.4 is 10.1 Å². The summed E-state index contributed by atoms with van der Waals surface area (Å²) in [6.45, 7) is -0.219. The Morgan fingerprint density at radius 3 is 2.50 bits per heavy atom. The number of amides is 1. The van der Waals surface area contributed by atoms with Gasteiger partial charge in [0.1, 0.15) is 11.6 Å². The zero-order valence-corrected chi connectivity index (χ0v) is 15.9. The van der Waals surface area contributed by atoms with Crippen LogP contribution in [0.5, 0.6) is 5.75 Å². The van der Waals surface area contributed by atoms with Crippen LogP contribution in [0.3, 0.4) is 0 Å². The minimum absolute atomic E-state index is 0.219. The third-order valence-electron chi connectivity index (χ3n) is 4.29. The van der Waals surface area contributed by atoms with E-state index < -0.39 is 0 Å². The fraction of sp³-hybridized carbons (Fsp3) is 0.0870. The first-order chi connectivity index (χ1) is 14.7. The highest BCUT2D eigenvalue weighted by atomic mass is 19.1. The molecule has 4 rings (SSSR count). The van der Waals surface area contributed by atoms with Gasteiger partial charge in [0.15, 0.2) is 12.4 Å². The maximum Gasteiger partial charge on any atom is 0.262 e. The summed E-state index contributed by atoms with van der Waals surface area (Å²) < 4.78 is 23.7. The molecule has 150 valence electrons. The number of aromatic nitrogens is 2. The van der Waals surface area contributed by atoms with Gasteiger partial charge in [0, 0.05) is 6.42 Å². The standard InChI is InChI=1S/C23H18FN3O3/c24-17-10-12-18(13-11-17)29-15-22(28)25-20-9-5-4-8-19(20)23-26-21(27-30-23)14-16-6-2-1-3-7-16/h1-13H,14-15H2,(H,25,28). The molecule has 0 fully saturated rings. The molecule has 0 unspecified atom stereocenters. The van der Waals surface area contributed by atoms with E-state index in [-0.39, 0.29) is 18.3 Å². The summed E-state index contributed by atoms with van der Waals surface area (Å²) in [7, 11) is 0. The quantitative estimate of drug-likeness (QED) is 0.492. The molecule has 30 heavy (non-hydrogen) atoms. The van der Waals surface area contributed by atoms with E-state index in [0.29, 0.717) is 35.1 Å². The maximum absolute atomic E-state index is 12.9. The minimum atomic E-state index is -0.369. The molecule has 1 amide bonds. The number of hydrogen-bond donors (Lipinski definition) is 1. The van der Waals surface area contributed by atoms with Crippen LogP contribution in [0.1, 0.15) is 11.4 Å². The van der Waals surface area contributed by atoms with Gasteiger partial charge in [0.25, 0.3) is 11.8 Å². The first-order valence-electron chi connectivity index (χ1n) is 9.31. The average Bonchev–Trinajstić information content (AvgIpc) is 3.23. The number of carbonyl (C=O) groups excluding carboxylic acids is 1. The number of hydrogen-bond acceptors (Lipinski definition) is 5. The summed E-state index contributed by atoms with van der Waals surface area (Å²) in [5, 5.41) is 6.82. The molecule has 0 aliphatic rings. The second kappa shape index (κ2) is 9.00. The lowest BCUT2D eigenvalue weighted by molar-refractivity contribution is -0.118. The Balaban J connectivity index is 1.43. The van der Waals surface area contributed by atoms with Crippen molar-refractivity contribution >= 4 is 11.6 Å². The van der Waals surface area contributed by atoms with Crippen LogP contribution in [-0.4, -0.2) is 22.7 Å². The molecule has 0 saturated heterocycles. The highest BCUT2D eigenvalue weighted by molar-refractivity contribution is 5.95. The van der Waals surface area contributed by atoms with Crippen molar-refractivity contribution in [2.75, 3.05) is 11.9 Å². The summed E-state index contributed by atoms with van der Waals surface area (Å²) in [5.74, 6) is 0.540. The zero-order valence-electron chi connectivity index (χ0n) is 15.9. The maximum atomic E-state index is 12.9. The van der Waals surface area contributed by atoms with E-state index in [0.717, 1.165) is 5.56 Å². The average molecular weight is 403 g/mol. The van der Waals surface area contributed by atoms with Crippen molar-refractivity contribution in [1.29, 1.82) is 0 Å². The molecule has 6 nitrogen and oxygen atoms in total. The lowest BCUT2D eigenvalue weighted by Crippen LogP contribution is -2.20. The van der Waals surface area contributed by atoms with Crippen LogP contribution >= 0.6 is 0 Å². The van der Waals surface area contributed by atoms with Crippen LogP contribution in [0.4, 0.5) is 10.1 Å². The lowest BCUT2D eigenvalue weighted by Gasteiger charge is -2.09. The highest BCUT2D eigenvalue weighted by Crippen LogP contribution is 2.26. The van der Waals surface area contributed by atoms with Crippen LogP contribution in [0, 0.1) is 5.82 Å². The van der Waals surface area contributed by atoms with Crippen molar-refractivity contribution in [2.45, 2.75) is 6.42 Å². The van der Waals surface area contributed by atoms with E-state index in [9.17, 15) is 9.18 Å². The van der Waals surface area contributed by atoms with Gasteiger partial charge in [-0.1, -0.05) is 47.6 Å². The van der Waals surface area contributed by atoms with Crippen molar-refractivity contribution in [3.8, 4) is 17.2 Å². The van der Waals surface area contributed by atoms with Gasteiger partial charge in [0.2, 0.25) is 0 Å². The van der Waals surface area contributed by atoms with Crippen molar-refractivity contribution in [1.82, 2.24) is 10.1 Å². The molecule has 1 N–H and O–H groups in total. The second-order valence-corrected chi connectivity index (χ2v) is 6.51. The molecule has 0 aliphatic heterocycles. The number of carbonyl (C=O) groups is 1. The number of para-hydroxylation sites is 1. The number of rotatable bonds is 7. The van der Waals surface area contributed by atoms with Crippen molar-refractivity contribution in [3.05, 3.63) is 96.1 Å². The summed E-state index contributed by atoms with van der Waals surface area (Å²) in [6.07, 6.45) is 0.546. The van der Waals surface area contributed by atoms with E-state index in [1.165, 1.54) is 24.3 Å². The van der Waals surface area contributed by atoms with Gasteiger partial charge in [-0.25, -0.2) is 4.39 Å². The molecule has 1 aromatic heterocycles. The third-order valence-corrected chi connectivity index (χ3v) is 4.29. The minimum Gasteiger partial charge on any atom is -0.484 e. The topological polar surface area (TPSA) is 77.2 Å². The first kappa shape index (κ1) is 19.3. The Morgan fingerprint density at radius 2 is 1.70 bits per heavy atom. The molecular formula is C23H18FN3O3. The van der Waals surface area contributed by atoms with Gasteiger partial charge in [-0.05, 0) is 42.0 Å². The van der Waals surface area contributed by atoms with Gasteiger partial charge in [-0.15, -0.1) is 0 Å². The first-order valence-corrected chi connectivity index (χ1v) is 9.31. The Kier molecular flexibility index (Phi) is 5.80. The summed E-state index contributed by atoms with van der Waals surface area (Å²) in [5.41, 5.74) is 2.21. The van der Waals surface area contributed by atoms with Gasteiger partial charge < -0.3 is 14.6 Å². The SMILES string of the molecule is O=C(COc1ccc(F)cc1)Nc1ccccc1-c1nc(Cc2ccccc2)no1. The summed E-state index contributed by atoms with van der Waals surface area (Å²) in [6, 6.07) is 22.4. The molecule has 1 heterocycles. The fourth-order valence-electron chi connectivity index (χ4n) is 2.86. The smallest absolute Gasteiger partial charge is 0.262 e. The van der Waals surface area contributed by atoms with E-state index >= 15 is 0 Å². The Morgan fingerprint density at radius 1 is 0.967 bits per heavy atom. The van der Waals surface area contributed by atoms with Crippen molar-refractivity contribution in [2.24, 2.45) is 0 Å². The summed E-state index contributed by atoms with van der Waals surface area (Å²) >= 11 is 0. The number of halogens is 1. The van der Waals surface area contributed by atoms with Crippen molar-refractivity contribution in [3.63, 3.8) is 0 Å². The number of nitrogens with one attached hydrogen (secondary N) is 1. The normalized spacial score (nSPS) is 10.6. The number of ether oxygens (including phenoxy) is 1. The molecule has 4 aromatic rings. The molecule has 0 spiro atoms. The monoisotopic (exact) mass is 403 g/mol. The van der Waals surface area contributed by atoms with E-state index in [1.54, 1.807) is 18.2 Å². The number of nitrogens with zero attached hydrogens (tertiary/aromatic N) is 2. The third kappa shape index (κ3) is 4.88. The zero-order chi connectivity index (χ0) is 20.8. The van der Waals surface area contributed by atoms with E-state index in [1.807, 2.05) is 36.4 Å². The molecule has 0 radical (unpaired) electrons. The molecule has 0 bridgehead atoms. The molecule has 7 heteroatoms. The van der Waals surface area contributed by atoms with Gasteiger partial charge in [-0.2, -0.15) is 4.98 Å². The van der Waals surface area contributed by atoms with Crippen LogP contribution in [0.25, 0.3) is 11.5 Å². The van der Waals surface area contributed by atoms with E-state index in [4.69, 9.17) is 9.26 Å². The molecular weight excluding hydrogens is 385 g/mol. The van der Waals surface area contributed by atoms with Crippen LogP contribution in [0.2, 0.25) is 0 Å². The highest BCUT2D eigenvalue weighted by Gasteiger charge is 2.15. The Bertz CT molecular complexity index is 1130. The van der Waals surface area contributed by atoms with Crippen molar-refractivity contribution < 1.29 is 18.4 Å². The largest absolute Gasteiger partial charge is 0.484 e. The Hall–Kier alpha value is -4.00. The van der Waals surface area contributed by atoms with Gasteiger partial charge in [0.05, 0.1) is 11.3 Å². The van der Waals surface area contributed by atoms with Gasteiger partial charge >= 0.3 is 0 Å². The van der Waals surface area contributed by atoms with Crippen LogP contribution in [-0.2, 0) is 11.2 Å². The molecule has 0 aliphatic carbocycles. The number of benzene rings is 3. The second-order valence-electron chi connectivity index (χ2n) is 6.51. The number of anilines is 1. The predicted octanol–water partition coefficient (Wildman–Crippen LogP) is 4.48. The molecule has 0 atom stereocenters. The van der Waals surface area contributed by atoms with E-state index in [2.05, 4.69) is 15.5 Å². The lowest BCUT2D eigenvalue weighted by atomic mass is 10.1. The molecule has 3 aromatic carbocycles. The summed E-state index contributed by atoms with van der Waals surface area (Å²) in [4.78, 5) is 16.8. The Labute approximate surface area is 172 Å². The van der Waals surface area contributed by atoms with Crippen LogP contribution in [0.15, 0.2) is 83.4 Å².